The summed E-state index contributed by atoms with van der Waals surface area (Å²) in [5, 5.41) is 6.52. The molecular formula is C14H26N2OS. The van der Waals surface area contributed by atoms with Crippen molar-refractivity contribution in [3.05, 3.63) is 0 Å². The van der Waals surface area contributed by atoms with E-state index in [-0.39, 0.29) is 5.91 Å². The fraction of sp³-hybridized carbons (Fsp3) is 0.929. The van der Waals surface area contributed by atoms with Gasteiger partial charge in [-0.25, -0.2) is 0 Å². The van der Waals surface area contributed by atoms with Gasteiger partial charge in [-0.15, -0.1) is 0 Å². The van der Waals surface area contributed by atoms with Gasteiger partial charge in [0.25, 0.3) is 0 Å². The van der Waals surface area contributed by atoms with E-state index in [0.717, 1.165) is 18.8 Å². The summed E-state index contributed by atoms with van der Waals surface area (Å²) < 4.78 is 0. The number of thioether (sulfide) groups is 1. The molecule has 2 fully saturated rings. The van der Waals surface area contributed by atoms with Gasteiger partial charge in [-0.05, 0) is 16.7 Å². The largest absolute Gasteiger partial charge is 0.356 e. The van der Waals surface area contributed by atoms with Gasteiger partial charge < -0.3 is 10.6 Å². The second-order valence-corrected chi connectivity index (χ2v) is 7.88. The smallest absolute Gasteiger partial charge is 0.221 e. The fourth-order valence-corrected chi connectivity index (χ4v) is 4.06. The van der Waals surface area contributed by atoms with E-state index in [0.29, 0.717) is 29.2 Å². The van der Waals surface area contributed by atoms with Crippen LogP contribution >= 0.6 is 11.8 Å². The zero-order valence-electron chi connectivity index (χ0n) is 12.0. The lowest BCUT2D eigenvalue weighted by Crippen LogP contribution is -2.41. The average molecular weight is 270 g/mol. The van der Waals surface area contributed by atoms with Crippen LogP contribution in [0.15, 0.2) is 0 Å². The predicted octanol–water partition coefficient (Wildman–Crippen LogP) is 1.88. The third-order valence-corrected chi connectivity index (χ3v) is 6.38. The molecule has 1 saturated carbocycles. The summed E-state index contributed by atoms with van der Waals surface area (Å²) in [6.07, 6.45) is 0.626. The van der Waals surface area contributed by atoms with E-state index in [2.05, 4.69) is 38.3 Å². The van der Waals surface area contributed by atoms with Gasteiger partial charge >= 0.3 is 0 Å². The Kier molecular flexibility index (Phi) is 3.98. The van der Waals surface area contributed by atoms with Gasteiger partial charge in [0.15, 0.2) is 0 Å². The molecule has 2 rings (SSSR count). The number of hydrogen-bond donors (Lipinski definition) is 2. The highest BCUT2D eigenvalue weighted by Gasteiger charge is 2.64. The van der Waals surface area contributed by atoms with Crippen LogP contribution in [0.5, 0.6) is 0 Å². The summed E-state index contributed by atoms with van der Waals surface area (Å²) in [7, 11) is 0. The Bertz CT molecular complexity index is 308. The van der Waals surface area contributed by atoms with Crippen molar-refractivity contribution in [3.8, 4) is 0 Å². The van der Waals surface area contributed by atoms with Crippen molar-refractivity contribution in [3.63, 3.8) is 0 Å². The Hall–Kier alpha value is -0.220. The van der Waals surface area contributed by atoms with Crippen LogP contribution in [-0.4, -0.2) is 36.5 Å². The van der Waals surface area contributed by atoms with E-state index in [9.17, 15) is 4.79 Å². The summed E-state index contributed by atoms with van der Waals surface area (Å²) in [4.78, 5) is 11.9. The molecule has 3 nitrogen and oxygen atoms in total. The highest BCUT2D eigenvalue weighted by molar-refractivity contribution is 7.99. The van der Waals surface area contributed by atoms with Crippen LogP contribution in [0, 0.1) is 16.7 Å². The molecule has 0 aromatic carbocycles. The molecule has 104 valence electrons. The molecule has 1 heterocycles. The first kappa shape index (κ1) is 14.2. The molecular weight excluding hydrogens is 244 g/mol. The van der Waals surface area contributed by atoms with Gasteiger partial charge in [-0.3, -0.25) is 4.79 Å². The van der Waals surface area contributed by atoms with Crippen LogP contribution in [0.25, 0.3) is 0 Å². The van der Waals surface area contributed by atoms with Gasteiger partial charge in [0.2, 0.25) is 5.91 Å². The van der Waals surface area contributed by atoms with Crippen LogP contribution < -0.4 is 10.6 Å². The Morgan fingerprint density at radius 2 is 2.00 bits per heavy atom. The summed E-state index contributed by atoms with van der Waals surface area (Å²) in [6, 6.07) is 0.365. The monoisotopic (exact) mass is 270 g/mol. The van der Waals surface area contributed by atoms with E-state index in [1.165, 1.54) is 5.75 Å². The van der Waals surface area contributed by atoms with Crippen LogP contribution in [0.2, 0.25) is 0 Å². The molecule has 4 heteroatoms. The molecule has 0 bridgehead atoms. The summed E-state index contributed by atoms with van der Waals surface area (Å²) >= 11 is 1.94. The van der Waals surface area contributed by atoms with Gasteiger partial charge in [0, 0.05) is 37.1 Å². The lowest BCUT2D eigenvalue weighted by Gasteiger charge is -2.22. The molecule has 18 heavy (non-hydrogen) atoms. The topological polar surface area (TPSA) is 41.1 Å². The minimum atomic E-state index is 0.202. The van der Waals surface area contributed by atoms with E-state index >= 15 is 0 Å². The third kappa shape index (κ3) is 2.69. The number of nitrogens with one attached hydrogen (secondary N) is 2. The number of carbonyl (C=O) groups excluding carboxylic acids is 1. The zero-order valence-corrected chi connectivity index (χ0v) is 12.8. The zero-order chi connectivity index (χ0) is 13.4. The molecule has 0 radical (unpaired) electrons. The summed E-state index contributed by atoms with van der Waals surface area (Å²) in [6.45, 7) is 11.0. The van der Waals surface area contributed by atoms with Crippen molar-refractivity contribution in [2.45, 2.75) is 40.2 Å². The second kappa shape index (κ2) is 5.04. The van der Waals surface area contributed by atoms with E-state index < -0.39 is 0 Å². The molecule has 1 aliphatic heterocycles. The quantitative estimate of drug-likeness (QED) is 0.819. The van der Waals surface area contributed by atoms with Crippen molar-refractivity contribution in [2.24, 2.45) is 16.7 Å². The van der Waals surface area contributed by atoms with E-state index in [1.807, 2.05) is 11.8 Å². The molecule has 0 aromatic heterocycles. The predicted molar refractivity (Wildman–Crippen MR) is 77.8 cm³/mol. The maximum Gasteiger partial charge on any atom is 0.221 e. The van der Waals surface area contributed by atoms with Crippen LogP contribution in [0.1, 0.15) is 34.1 Å². The van der Waals surface area contributed by atoms with Gasteiger partial charge in [0.05, 0.1) is 0 Å². The first-order valence-electron chi connectivity index (χ1n) is 6.93. The van der Waals surface area contributed by atoms with Gasteiger partial charge in [-0.2, -0.15) is 11.8 Å². The number of hydrogen-bond acceptors (Lipinski definition) is 3. The lowest BCUT2D eigenvalue weighted by molar-refractivity contribution is -0.121. The fourth-order valence-electron chi connectivity index (χ4n) is 3.11. The minimum Gasteiger partial charge on any atom is -0.356 e. The maximum atomic E-state index is 11.9. The molecule has 1 amide bonds. The SMILES string of the molecule is CC1(C)C(CNC(=O)CC2CSCCN2)C1(C)C. The Morgan fingerprint density at radius 1 is 1.33 bits per heavy atom. The third-order valence-electron chi connectivity index (χ3n) is 5.25. The maximum absolute atomic E-state index is 11.9. The number of carbonyl (C=O) groups is 1. The molecule has 0 aromatic rings. The minimum absolute atomic E-state index is 0.202. The van der Waals surface area contributed by atoms with Crippen molar-refractivity contribution in [1.29, 1.82) is 0 Å². The van der Waals surface area contributed by atoms with Gasteiger partial charge in [-0.1, -0.05) is 27.7 Å². The normalized spacial score (nSPS) is 29.9. The first-order valence-corrected chi connectivity index (χ1v) is 8.09. The average Bonchev–Trinajstić information content (AvgIpc) is 2.68. The van der Waals surface area contributed by atoms with Crippen molar-refractivity contribution < 1.29 is 4.79 Å². The van der Waals surface area contributed by atoms with Crippen LogP contribution in [-0.2, 0) is 4.79 Å². The first-order chi connectivity index (χ1) is 8.35. The van der Waals surface area contributed by atoms with Gasteiger partial charge in [0.1, 0.15) is 0 Å². The standard InChI is InChI=1S/C14H26N2OS/c1-13(2)11(14(13,3)4)8-16-12(17)7-10-9-18-6-5-15-10/h10-11,15H,5-9H2,1-4H3,(H,16,17). The lowest BCUT2D eigenvalue weighted by atomic mass is 10.0. The molecule has 2 N–H and O–H groups in total. The highest BCUT2D eigenvalue weighted by Crippen LogP contribution is 2.67. The summed E-state index contributed by atoms with van der Waals surface area (Å²) in [5.74, 6) is 3.05. The molecule has 1 aliphatic carbocycles. The molecule has 1 unspecified atom stereocenters. The molecule has 1 saturated heterocycles. The Labute approximate surface area is 115 Å². The Morgan fingerprint density at radius 3 is 2.50 bits per heavy atom. The summed E-state index contributed by atoms with van der Waals surface area (Å²) in [5.41, 5.74) is 0.721. The number of amides is 1. The van der Waals surface area contributed by atoms with Crippen molar-refractivity contribution >= 4 is 17.7 Å². The van der Waals surface area contributed by atoms with Crippen molar-refractivity contribution in [1.82, 2.24) is 10.6 Å². The van der Waals surface area contributed by atoms with E-state index in [1.54, 1.807) is 0 Å². The Balaban J connectivity index is 1.70. The van der Waals surface area contributed by atoms with Crippen LogP contribution in [0.3, 0.4) is 0 Å². The molecule has 0 spiro atoms. The molecule has 2 aliphatic rings. The van der Waals surface area contributed by atoms with Crippen LogP contribution in [0.4, 0.5) is 0 Å². The number of rotatable bonds is 4. The van der Waals surface area contributed by atoms with E-state index in [4.69, 9.17) is 0 Å². The van der Waals surface area contributed by atoms with Crippen molar-refractivity contribution in [2.75, 3.05) is 24.6 Å². The molecule has 1 atom stereocenters. The second-order valence-electron chi connectivity index (χ2n) is 6.73. The highest BCUT2D eigenvalue weighted by atomic mass is 32.2.